The van der Waals surface area contributed by atoms with Crippen molar-refractivity contribution >= 4 is 17.9 Å². The first-order chi connectivity index (χ1) is 17.3. The van der Waals surface area contributed by atoms with Crippen LogP contribution in [0.1, 0.15) is 49.2 Å². The van der Waals surface area contributed by atoms with Crippen LogP contribution in [-0.2, 0) is 11.3 Å². The number of ether oxygens (including phenoxy) is 2. The number of nitrogens with one attached hydrogen (secondary N) is 2. The highest BCUT2D eigenvalue weighted by atomic mass is 16.5. The third-order valence-electron chi connectivity index (χ3n) is 5.05. The van der Waals surface area contributed by atoms with Crippen molar-refractivity contribution in [3.8, 4) is 11.5 Å². The lowest BCUT2D eigenvalue weighted by Crippen LogP contribution is -2.34. The molecule has 0 aliphatic heterocycles. The van der Waals surface area contributed by atoms with Crippen molar-refractivity contribution in [1.29, 1.82) is 0 Å². The van der Waals surface area contributed by atoms with E-state index in [2.05, 4.69) is 24.5 Å². The molecule has 0 aliphatic rings. The molecule has 6 nitrogen and oxygen atoms in total. The van der Waals surface area contributed by atoms with Crippen molar-refractivity contribution in [2.45, 2.75) is 40.3 Å². The van der Waals surface area contributed by atoms with E-state index in [1.807, 2.05) is 68.4 Å². The molecule has 0 saturated carbocycles. The van der Waals surface area contributed by atoms with Gasteiger partial charge in [-0.2, -0.15) is 0 Å². The number of rotatable bonds is 11. The Labute approximate surface area is 213 Å². The van der Waals surface area contributed by atoms with Crippen molar-refractivity contribution in [3.63, 3.8) is 0 Å². The highest BCUT2D eigenvalue weighted by Gasteiger charge is 2.15. The van der Waals surface area contributed by atoms with Gasteiger partial charge in [-0.25, -0.2) is 0 Å². The monoisotopic (exact) mass is 486 g/mol. The van der Waals surface area contributed by atoms with Crippen LogP contribution in [0.25, 0.3) is 6.08 Å². The summed E-state index contributed by atoms with van der Waals surface area (Å²) in [6.45, 7) is 9.01. The summed E-state index contributed by atoms with van der Waals surface area (Å²) in [5.41, 5.74) is 2.29. The molecule has 0 spiro atoms. The molecule has 0 aliphatic carbocycles. The SMILES string of the molecule is CC(C)COc1ccc(C(=O)NC(=Cc2ccc(OC(C)C)cc2)C(=O)NCc2ccccc2)cc1. The molecule has 0 fully saturated rings. The maximum atomic E-state index is 13.1. The maximum absolute atomic E-state index is 13.1. The fraction of sp³-hybridized carbons (Fsp3) is 0.267. The van der Waals surface area contributed by atoms with Crippen LogP contribution in [0.15, 0.2) is 84.6 Å². The topological polar surface area (TPSA) is 76.7 Å². The molecule has 0 bridgehead atoms. The van der Waals surface area contributed by atoms with Crippen LogP contribution in [0.3, 0.4) is 0 Å². The Morgan fingerprint density at radius 3 is 2.08 bits per heavy atom. The second kappa shape index (κ2) is 13.1. The van der Waals surface area contributed by atoms with Crippen molar-refractivity contribution in [3.05, 3.63) is 101 Å². The fourth-order valence-corrected chi connectivity index (χ4v) is 3.27. The van der Waals surface area contributed by atoms with E-state index >= 15 is 0 Å². The van der Waals surface area contributed by atoms with Crippen LogP contribution >= 0.6 is 0 Å². The van der Waals surface area contributed by atoms with Crippen molar-refractivity contribution in [2.75, 3.05) is 6.61 Å². The summed E-state index contributed by atoms with van der Waals surface area (Å²) >= 11 is 0. The van der Waals surface area contributed by atoms with Gasteiger partial charge in [0.15, 0.2) is 0 Å². The zero-order valence-corrected chi connectivity index (χ0v) is 21.3. The first-order valence-electron chi connectivity index (χ1n) is 12.1. The molecular weight excluding hydrogens is 452 g/mol. The Morgan fingerprint density at radius 1 is 0.833 bits per heavy atom. The summed E-state index contributed by atoms with van der Waals surface area (Å²) in [7, 11) is 0. The van der Waals surface area contributed by atoms with Crippen LogP contribution in [0.2, 0.25) is 0 Å². The lowest BCUT2D eigenvalue weighted by Gasteiger charge is -2.13. The van der Waals surface area contributed by atoms with E-state index in [4.69, 9.17) is 9.47 Å². The molecule has 0 radical (unpaired) electrons. The molecule has 0 unspecified atom stereocenters. The van der Waals surface area contributed by atoms with Crippen molar-refractivity contribution in [2.24, 2.45) is 5.92 Å². The molecule has 2 N–H and O–H groups in total. The minimum Gasteiger partial charge on any atom is -0.493 e. The van der Waals surface area contributed by atoms with Crippen LogP contribution < -0.4 is 20.1 Å². The average molecular weight is 487 g/mol. The van der Waals surface area contributed by atoms with E-state index in [0.29, 0.717) is 30.4 Å². The number of amides is 2. The molecule has 0 heterocycles. The van der Waals surface area contributed by atoms with Crippen LogP contribution in [0.4, 0.5) is 0 Å². The lowest BCUT2D eigenvalue weighted by atomic mass is 10.1. The van der Waals surface area contributed by atoms with Gasteiger partial charge in [-0.3, -0.25) is 9.59 Å². The third kappa shape index (κ3) is 8.62. The molecule has 3 rings (SSSR count). The second-order valence-corrected chi connectivity index (χ2v) is 9.15. The Balaban J connectivity index is 1.76. The minimum atomic E-state index is -0.383. The van der Waals surface area contributed by atoms with E-state index in [0.717, 1.165) is 16.9 Å². The molecule has 0 saturated heterocycles. The number of carbonyl (C=O) groups is 2. The Hall–Kier alpha value is -4.06. The van der Waals surface area contributed by atoms with Gasteiger partial charge >= 0.3 is 0 Å². The third-order valence-corrected chi connectivity index (χ3v) is 5.05. The van der Waals surface area contributed by atoms with Gasteiger partial charge in [-0.05, 0) is 73.4 Å². The molecule has 0 atom stereocenters. The van der Waals surface area contributed by atoms with Gasteiger partial charge < -0.3 is 20.1 Å². The predicted octanol–water partition coefficient (Wildman–Crippen LogP) is 5.60. The summed E-state index contributed by atoms with van der Waals surface area (Å²) < 4.78 is 11.4. The van der Waals surface area contributed by atoms with Crippen molar-refractivity contribution in [1.82, 2.24) is 10.6 Å². The maximum Gasteiger partial charge on any atom is 0.268 e. The smallest absolute Gasteiger partial charge is 0.268 e. The van der Waals surface area contributed by atoms with Crippen LogP contribution in [0, 0.1) is 5.92 Å². The van der Waals surface area contributed by atoms with Gasteiger partial charge in [0.1, 0.15) is 17.2 Å². The van der Waals surface area contributed by atoms with E-state index in [1.165, 1.54) is 0 Å². The van der Waals surface area contributed by atoms with Crippen LogP contribution in [0.5, 0.6) is 11.5 Å². The van der Waals surface area contributed by atoms with E-state index in [9.17, 15) is 9.59 Å². The van der Waals surface area contributed by atoms with Gasteiger partial charge in [0.2, 0.25) is 0 Å². The summed E-state index contributed by atoms with van der Waals surface area (Å²) in [4.78, 5) is 26.0. The molecule has 36 heavy (non-hydrogen) atoms. The zero-order valence-electron chi connectivity index (χ0n) is 21.3. The molecule has 0 aromatic heterocycles. The van der Waals surface area contributed by atoms with Gasteiger partial charge in [-0.1, -0.05) is 56.3 Å². The molecule has 188 valence electrons. The summed E-state index contributed by atoms with van der Waals surface area (Å²) in [6.07, 6.45) is 1.71. The predicted molar refractivity (Wildman–Crippen MR) is 143 cm³/mol. The highest BCUT2D eigenvalue weighted by Crippen LogP contribution is 2.17. The first kappa shape index (κ1) is 26.5. The van der Waals surface area contributed by atoms with E-state index < -0.39 is 0 Å². The average Bonchev–Trinajstić information content (AvgIpc) is 2.87. The summed E-state index contributed by atoms with van der Waals surface area (Å²) in [5.74, 6) is 1.07. The number of hydrogen-bond donors (Lipinski definition) is 2. The second-order valence-electron chi connectivity index (χ2n) is 9.15. The number of hydrogen-bond acceptors (Lipinski definition) is 4. The van der Waals surface area contributed by atoms with E-state index in [1.54, 1.807) is 30.3 Å². The molecule has 2 amide bonds. The van der Waals surface area contributed by atoms with Gasteiger partial charge in [0, 0.05) is 12.1 Å². The number of carbonyl (C=O) groups excluding carboxylic acids is 2. The molecule has 6 heteroatoms. The summed E-state index contributed by atoms with van der Waals surface area (Å²) in [6, 6.07) is 23.8. The van der Waals surface area contributed by atoms with E-state index in [-0.39, 0.29) is 23.6 Å². The zero-order chi connectivity index (χ0) is 25.9. The lowest BCUT2D eigenvalue weighted by molar-refractivity contribution is -0.117. The Kier molecular flexibility index (Phi) is 9.69. The molecule has 3 aromatic rings. The first-order valence-corrected chi connectivity index (χ1v) is 12.1. The molecular formula is C30H34N2O4. The van der Waals surface area contributed by atoms with Gasteiger partial charge in [0.25, 0.3) is 11.8 Å². The Bertz CT molecular complexity index is 1150. The minimum absolute atomic E-state index is 0.0622. The fourth-order valence-electron chi connectivity index (χ4n) is 3.27. The van der Waals surface area contributed by atoms with Crippen molar-refractivity contribution < 1.29 is 19.1 Å². The van der Waals surface area contributed by atoms with Gasteiger partial charge in [-0.15, -0.1) is 0 Å². The van der Waals surface area contributed by atoms with Crippen LogP contribution in [-0.4, -0.2) is 24.5 Å². The molecule has 3 aromatic carbocycles. The Morgan fingerprint density at radius 2 is 1.47 bits per heavy atom. The largest absolute Gasteiger partial charge is 0.493 e. The highest BCUT2D eigenvalue weighted by molar-refractivity contribution is 6.05. The standard InChI is InChI=1S/C30H34N2O4/c1-21(2)20-35-26-16-12-25(13-17-26)29(33)32-28(30(34)31-19-24-8-6-5-7-9-24)18-23-10-14-27(15-11-23)36-22(3)4/h5-18,21-22H,19-20H2,1-4H3,(H,31,34)(H,32,33). The van der Waals surface area contributed by atoms with Gasteiger partial charge in [0.05, 0.1) is 12.7 Å². The number of benzene rings is 3. The summed E-state index contributed by atoms with van der Waals surface area (Å²) in [5, 5.41) is 5.66. The normalized spacial score (nSPS) is 11.3. The quantitative estimate of drug-likeness (QED) is 0.346.